The number of fused-ring (bicyclic) bond motifs is 1. The second kappa shape index (κ2) is 5.58. The minimum absolute atomic E-state index is 0.703. The molecule has 0 spiro atoms. The van der Waals surface area contributed by atoms with Gasteiger partial charge < -0.3 is 9.88 Å². The zero-order chi connectivity index (χ0) is 13.9. The van der Waals surface area contributed by atoms with Crippen LogP contribution in [0.1, 0.15) is 24.9 Å². The van der Waals surface area contributed by atoms with Crippen LogP contribution in [0.2, 0.25) is 0 Å². The molecule has 20 heavy (non-hydrogen) atoms. The van der Waals surface area contributed by atoms with E-state index < -0.39 is 0 Å². The lowest BCUT2D eigenvalue weighted by atomic mass is 10.3. The minimum atomic E-state index is 0.703. The van der Waals surface area contributed by atoms with Crippen LogP contribution in [0.5, 0.6) is 0 Å². The van der Waals surface area contributed by atoms with Crippen LogP contribution in [0.15, 0.2) is 24.3 Å². The molecular weight excluding hydrogens is 270 g/mol. The van der Waals surface area contributed by atoms with Crippen LogP contribution >= 0.6 is 11.5 Å². The number of hydrogen-bond acceptors (Lipinski definition) is 5. The van der Waals surface area contributed by atoms with Gasteiger partial charge in [-0.2, -0.15) is 0 Å². The molecule has 0 bridgehead atoms. The normalized spacial score (nSPS) is 11.1. The summed E-state index contributed by atoms with van der Waals surface area (Å²) in [7, 11) is 0. The highest BCUT2D eigenvalue weighted by Crippen LogP contribution is 2.22. The Morgan fingerprint density at radius 1 is 1.30 bits per heavy atom. The van der Waals surface area contributed by atoms with E-state index in [1.165, 1.54) is 11.5 Å². The predicted octanol–water partition coefficient (Wildman–Crippen LogP) is 3.07. The molecule has 104 valence electrons. The van der Waals surface area contributed by atoms with E-state index >= 15 is 0 Å². The lowest BCUT2D eigenvalue weighted by molar-refractivity contribution is 0.759. The number of rotatable bonds is 5. The summed E-state index contributed by atoms with van der Waals surface area (Å²) in [5.41, 5.74) is 3.14. The van der Waals surface area contributed by atoms with E-state index in [4.69, 9.17) is 0 Å². The van der Waals surface area contributed by atoms with E-state index in [9.17, 15) is 0 Å². The van der Waals surface area contributed by atoms with Crippen LogP contribution in [-0.4, -0.2) is 25.7 Å². The van der Waals surface area contributed by atoms with Gasteiger partial charge in [-0.25, -0.2) is 4.98 Å². The molecule has 0 atom stereocenters. The number of hydrogen-bond donors (Lipinski definition) is 1. The first-order valence-electron chi connectivity index (χ1n) is 6.76. The molecule has 0 radical (unpaired) electrons. The van der Waals surface area contributed by atoms with Gasteiger partial charge in [0.15, 0.2) is 0 Å². The Morgan fingerprint density at radius 2 is 2.15 bits per heavy atom. The summed E-state index contributed by atoms with van der Waals surface area (Å²) in [5, 5.41) is 8.69. The molecule has 3 rings (SSSR count). The van der Waals surface area contributed by atoms with Crippen molar-refractivity contribution in [2.24, 2.45) is 0 Å². The molecule has 1 aromatic carbocycles. The summed E-state index contributed by atoms with van der Waals surface area (Å²) in [6.07, 6.45) is 1.09. The van der Waals surface area contributed by atoms with Gasteiger partial charge in [-0.05, 0) is 25.5 Å². The van der Waals surface area contributed by atoms with Crippen molar-refractivity contribution < 1.29 is 0 Å². The number of aryl methyl sites for hydroxylation is 1. The minimum Gasteiger partial charge on any atom is -0.374 e. The lowest BCUT2D eigenvalue weighted by Gasteiger charge is -2.07. The van der Waals surface area contributed by atoms with E-state index in [2.05, 4.69) is 37.4 Å². The molecule has 0 unspecified atom stereocenters. The van der Waals surface area contributed by atoms with Crippen molar-refractivity contribution >= 4 is 27.6 Å². The maximum absolute atomic E-state index is 4.58. The molecule has 0 saturated heterocycles. The first-order chi connectivity index (χ1) is 9.79. The van der Waals surface area contributed by atoms with Crippen molar-refractivity contribution in [1.82, 2.24) is 19.1 Å². The molecule has 3 aromatic rings. The van der Waals surface area contributed by atoms with Crippen molar-refractivity contribution in [1.29, 1.82) is 0 Å². The van der Waals surface area contributed by atoms with E-state index in [1.807, 2.05) is 25.1 Å². The predicted molar refractivity (Wildman–Crippen MR) is 82.3 cm³/mol. The fraction of sp³-hybridized carbons (Fsp3) is 0.357. The summed E-state index contributed by atoms with van der Waals surface area (Å²) in [6, 6.07) is 8.18. The van der Waals surface area contributed by atoms with Gasteiger partial charge in [-0.1, -0.05) is 23.5 Å². The molecule has 2 aromatic heterocycles. The summed E-state index contributed by atoms with van der Waals surface area (Å²) >= 11 is 1.42. The van der Waals surface area contributed by atoms with Gasteiger partial charge in [0.05, 0.1) is 17.6 Å². The van der Waals surface area contributed by atoms with Crippen LogP contribution in [0, 0.1) is 6.92 Å². The summed E-state index contributed by atoms with van der Waals surface area (Å²) in [5.74, 6) is 1.00. The van der Waals surface area contributed by atoms with Crippen LogP contribution in [0.4, 0.5) is 5.00 Å². The standard InChI is InChI=1S/C14H17N5S/c1-3-8-15-14-12(17-18-20-14)9-19-10(2)16-11-6-4-5-7-13(11)19/h4-7,15H,3,8-9H2,1-2H3. The fourth-order valence-corrected chi connectivity index (χ4v) is 2.83. The van der Waals surface area contributed by atoms with Gasteiger partial charge in [0, 0.05) is 18.1 Å². The van der Waals surface area contributed by atoms with Gasteiger partial charge in [0.25, 0.3) is 0 Å². The largest absolute Gasteiger partial charge is 0.374 e. The Balaban J connectivity index is 1.93. The van der Waals surface area contributed by atoms with Crippen LogP contribution in [-0.2, 0) is 6.54 Å². The second-order valence-electron chi connectivity index (χ2n) is 4.71. The van der Waals surface area contributed by atoms with Gasteiger partial charge in [-0.3, -0.25) is 0 Å². The van der Waals surface area contributed by atoms with Gasteiger partial charge in [-0.15, -0.1) is 5.10 Å². The summed E-state index contributed by atoms with van der Waals surface area (Å²) < 4.78 is 6.24. The molecule has 1 N–H and O–H groups in total. The SMILES string of the molecule is CCCNc1snnc1Cn1c(C)nc2ccccc21. The lowest BCUT2D eigenvalue weighted by Crippen LogP contribution is -2.06. The van der Waals surface area contributed by atoms with Crippen molar-refractivity contribution in [2.45, 2.75) is 26.8 Å². The molecule has 0 aliphatic rings. The van der Waals surface area contributed by atoms with Crippen molar-refractivity contribution in [3.63, 3.8) is 0 Å². The zero-order valence-electron chi connectivity index (χ0n) is 11.6. The Labute approximate surface area is 121 Å². The Bertz CT molecular complexity index is 715. The third-order valence-electron chi connectivity index (χ3n) is 3.24. The Morgan fingerprint density at radius 3 is 3.00 bits per heavy atom. The van der Waals surface area contributed by atoms with Crippen LogP contribution in [0.3, 0.4) is 0 Å². The van der Waals surface area contributed by atoms with E-state index in [-0.39, 0.29) is 0 Å². The number of benzene rings is 1. The second-order valence-corrected chi connectivity index (χ2v) is 5.46. The van der Waals surface area contributed by atoms with Gasteiger partial charge in [0.2, 0.25) is 0 Å². The molecule has 0 aliphatic carbocycles. The highest BCUT2D eigenvalue weighted by atomic mass is 32.1. The average molecular weight is 287 g/mol. The average Bonchev–Trinajstić information content (AvgIpc) is 3.02. The molecular formula is C14H17N5S. The zero-order valence-corrected chi connectivity index (χ0v) is 12.4. The Hall–Kier alpha value is -1.95. The maximum Gasteiger partial charge on any atom is 0.135 e. The number of nitrogens with zero attached hydrogens (tertiary/aromatic N) is 4. The number of nitrogens with one attached hydrogen (secondary N) is 1. The topological polar surface area (TPSA) is 55.6 Å². The monoisotopic (exact) mass is 287 g/mol. The first-order valence-corrected chi connectivity index (χ1v) is 7.54. The molecule has 0 aliphatic heterocycles. The molecule has 5 nitrogen and oxygen atoms in total. The molecule has 0 fully saturated rings. The highest BCUT2D eigenvalue weighted by Gasteiger charge is 2.12. The van der Waals surface area contributed by atoms with Crippen LogP contribution < -0.4 is 5.32 Å². The third-order valence-corrected chi connectivity index (χ3v) is 3.97. The summed E-state index contributed by atoms with van der Waals surface area (Å²) in [4.78, 5) is 4.58. The van der Waals surface area contributed by atoms with Gasteiger partial charge in [0.1, 0.15) is 16.5 Å². The number of imidazole rings is 1. The van der Waals surface area contributed by atoms with E-state index in [0.717, 1.165) is 40.5 Å². The highest BCUT2D eigenvalue weighted by molar-refractivity contribution is 7.10. The Kier molecular flexibility index (Phi) is 3.64. The quantitative estimate of drug-likeness (QED) is 0.783. The van der Waals surface area contributed by atoms with Crippen molar-refractivity contribution in [3.05, 3.63) is 35.8 Å². The van der Waals surface area contributed by atoms with E-state index in [0.29, 0.717) is 6.54 Å². The molecule has 6 heteroatoms. The van der Waals surface area contributed by atoms with Crippen LogP contribution in [0.25, 0.3) is 11.0 Å². The number of anilines is 1. The smallest absolute Gasteiger partial charge is 0.135 e. The van der Waals surface area contributed by atoms with Gasteiger partial charge >= 0.3 is 0 Å². The molecule has 0 saturated carbocycles. The van der Waals surface area contributed by atoms with E-state index in [1.54, 1.807) is 0 Å². The third kappa shape index (κ3) is 2.38. The number of para-hydroxylation sites is 2. The maximum atomic E-state index is 4.58. The van der Waals surface area contributed by atoms with Crippen molar-refractivity contribution in [3.8, 4) is 0 Å². The first kappa shape index (κ1) is 13.1. The fourth-order valence-electron chi connectivity index (χ4n) is 2.23. The number of aromatic nitrogens is 4. The molecule has 2 heterocycles. The van der Waals surface area contributed by atoms with Crippen molar-refractivity contribution in [2.75, 3.05) is 11.9 Å². The molecule has 0 amide bonds. The summed E-state index contributed by atoms with van der Waals surface area (Å²) in [6.45, 7) is 5.82.